The van der Waals surface area contributed by atoms with Crippen LogP contribution in [-0.4, -0.2) is 56.0 Å². The summed E-state index contributed by atoms with van der Waals surface area (Å²) >= 11 is 6.31. The van der Waals surface area contributed by atoms with E-state index in [2.05, 4.69) is 49.3 Å². The molecule has 1 N–H and O–H groups in total. The third-order valence-electron chi connectivity index (χ3n) is 6.54. The highest BCUT2D eigenvalue weighted by molar-refractivity contribution is 6.74. The lowest BCUT2D eigenvalue weighted by Gasteiger charge is -2.36. The molecule has 1 heterocycles. The standard InChI is InChI=1S/C27H37ClN4O5Si/c1-8-35-26(33)25(31-20-14-21(16-22(15-20)34-5)32-18-29-17-30-32)23-10-9-19(28)13-24(23)36-11-12-37-38(6,7)27(2,3)4/h9-10,13-18,25,31H,8,11-12H2,1-7H3. The van der Waals surface area contributed by atoms with E-state index in [1.807, 2.05) is 12.1 Å². The van der Waals surface area contributed by atoms with E-state index in [9.17, 15) is 4.79 Å². The minimum atomic E-state index is -1.92. The summed E-state index contributed by atoms with van der Waals surface area (Å²) in [4.78, 5) is 17.2. The molecular formula is C27H37ClN4O5Si. The lowest BCUT2D eigenvalue weighted by molar-refractivity contribution is -0.144. The topological polar surface area (TPSA) is 96.7 Å². The Hall–Kier alpha value is -3.08. The number of hydrogen-bond donors (Lipinski definition) is 1. The number of esters is 1. The summed E-state index contributed by atoms with van der Waals surface area (Å²) in [6.07, 6.45) is 3.03. The van der Waals surface area contributed by atoms with Crippen LogP contribution in [0.25, 0.3) is 5.69 Å². The van der Waals surface area contributed by atoms with E-state index in [0.717, 1.165) is 0 Å². The molecule has 0 bridgehead atoms. The first kappa shape index (κ1) is 29.5. The quantitative estimate of drug-likeness (QED) is 0.162. The minimum absolute atomic E-state index is 0.0922. The van der Waals surface area contributed by atoms with Crippen molar-refractivity contribution in [2.24, 2.45) is 0 Å². The van der Waals surface area contributed by atoms with Gasteiger partial charge in [0.2, 0.25) is 0 Å². The fraction of sp³-hybridized carbons (Fsp3) is 0.444. The molecule has 0 radical (unpaired) electrons. The van der Waals surface area contributed by atoms with E-state index in [0.29, 0.717) is 46.7 Å². The van der Waals surface area contributed by atoms with Gasteiger partial charge in [0.25, 0.3) is 0 Å². The molecule has 0 saturated carbocycles. The first-order chi connectivity index (χ1) is 17.9. The average molecular weight is 561 g/mol. The van der Waals surface area contributed by atoms with Crippen LogP contribution in [0.15, 0.2) is 49.1 Å². The number of aromatic nitrogens is 3. The Labute approximate surface area is 230 Å². The SMILES string of the molecule is CCOC(=O)C(Nc1cc(OC)cc(-n2cncn2)c1)c1ccc(Cl)cc1OCCO[Si](C)(C)C(C)(C)C. The molecule has 0 saturated heterocycles. The zero-order valence-corrected chi connectivity index (χ0v) is 24.8. The number of hydrogen-bond acceptors (Lipinski definition) is 8. The molecule has 1 unspecified atom stereocenters. The van der Waals surface area contributed by atoms with Gasteiger partial charge in [-0.25, -0.2) is 14.5 Å². The van der Waals surface area contributed by atoms with Crippen LogP contribution in [0.5, 0.6) is 11.5 Å². The summed E-state index contributed by atoms with van der Waals surface area (Å²) < 4.78 is 24.9. The molecule has 3 aromatic rings. The average Bonchev–Trinajstić information content (AvgIpc) is 3.40. The molecule has 0 amide bonds. The van der Waals surface area contributed by atoms with Gasteiger partial charge in [-0.15, -0.1) is 0 Å². The number of methoxy groups -OCH3 is 1. The third-order valence-corrected chi connectivity index (χ3v) is 11.3. The largest absolute Gasteiger partial charge is 0.497 e. The predicted molar refractivity (Wildman–Crippen MR) is 151 cm³/mol. The Balaban J connectivity index is 1.89. The molecule has 11 heteroatoms. The molecule has 38 heavy (non-hydrogen) atoms. The fourth-order valence-corrected chi connectivity index (χ4v) is 4.64. The molecular weight excluding hydrogens is 524 g/mol. The zero-order chi connectivity index (χ0) is 27.9. The van der Waals surface area contributed by atoms with Crippen molar-refractivity contribution in [2.45, 2.75) is 51.9 Å². The summed E-state index contributed by atoms with van der Waals surface area (Å²) in [5.41, 5.74) is 1.92. The van der Waals surface area contributed by atoms with Crippen molar-refractivity contribution < 1.29 is 23.4 Å². The number of halogens is 1. The van der Waals surface area contributed by atoms with Crippen LogP contribution in [0.1, 0.15) is 39.3 Å². The Bertz CT molecular complexity index is 1210. The van der Waals surface area contributed by atoms with Gasteiger partial charge in [-0.05, 0) is 43.3 Å². The summed E-state index contributed by atoms with van der Waals surface area (Å²) in [5, 5.41) is 8.06. The summed E-state index contributed by atoms with van der Waals surface area (Å²) in [5.74, 6) is 0.599. The maximum absolute atomic E-state index is 13.2. The maximum Gasteiger partial charge on any atom is 0.333 e. The van der Waals surface area contributed by atoms with Crippen LogP contribution in [-0.2, 0) is 14.0 Å². The van der Waals surface area contributed by atoms with Gasteiger partial charge in [-0.2, -0.15) is 5.10 Å². The smallest absolute Gasteiger partial charge is 0.333 e. The molecule has 3 rings (SSSR count). The van der Waals surface area contributed by atoms with Crippen molar-refractivity contribution >= 4 is 31.6 Å². The molecule has 0 fully saturated rings. The van der Waals surface area contributed by atoms with Crippen molar-refractivity contribution in [1.29, 1.82) is 0 Å². The van der Waals surface area contributed by atoms with Crippen LogP contribution < -0.4 is 14.8 Å². The van der Waals surface area contributed by atoms with E-state index in [1.54, 1.807) is 49.3 Å². The Morgan fingerprint density at radius 1 is 1.16 bits per heavy atom. The van der Waals surface area contributed by atoms with Gasteiger partial charge in [0.05, 0.1) is 26.0 Å². The van der Waals surface area contributed by atoms with Gasteiger partial charge < -0.3 is 24.0 Å². The van der Waals surface area contributed by atoms with Crippen LogP contribution >= 0.6 is 11.6 Å². The normalized spacial score (nSPS) is 12.6. The number of nitrogens with one attached hydrogen (secondary N) is 1. The van der Waals surface area contributed by atoms with Crippen molar-refractivity contribution in [3.05, 3.63) is 59.6 Å². The van der Waals surface area contributed by atoms with Gasteiger partial charge >= 0.3 is 5.97 Å². The van der Waals surface area contributed by atoms with E-state index >= 15 is 0 Å². The van der Waals surface area contributed by atoms with Crippen molar-refractivity contribution in [1.82, 2.24) is 14.8 Å². The first-order valence-electron chi connectivity index (χ1n) is 12.5. The molecule has 0 aliphatic carbocycles. The highest BCUT2D eigenvalue weighted by Gasteiger charge is 2.37. The highest BCUT2D eigenvalue weighted by Crippen LogP contribution is 2.37. The number of carbonyl (C=O) groups is 1. The number of rotatable bonds is 12. The molecule has 0 aliphatic rings. The summed E-state index contributed by atoms with van der Waals surface area (Å²) in [7, 11) is -0.349. The zero-order valence-electron chi connectivity index (χ0n) is 23.1. The molecule has 0 aliphatic heterocycles. The highest BCUT2D eigenvalue weighted by atomic mass is 35.5. The van der Waals surface area contributed by atoms with Gasteiger partial charge in [0.15, 0.2) is 14.4 Å². The van der Waals surface area contributed by atoms with E-state index < -0.39 is 20.3 Å². The lowest BCUT2D eigenvalue weighted by Crippen LogP contribution is -2.41. The number of benzene rings is 2. The lowest BCUT2D eigenvalue weighted by atomic mass is 10.0. The molecule has 1 aromatic heterocycles. The predicted octanol–water partition coefficient (Wildman–Crippen LogP) is 6.05. The number of carbonyl (C=O) groups excluding carboxylic acids is 1. The maximum atomic E-state index is 13.2. The van der Waals surface area contributed by atoms with Gasteiger partial charge in [0.1, 0.15) is 30.8 Å². The van der Waals surface area contributed by atoms with E-state index in [-0.39, 0.29) is 11.6 Å². The third kappa shape index (κ3) is 7.49. The van der Waals surface area contributed by atoms with Gasteiger partial charge in [-0.1, -0.05) is 38.4 Å². The molecule has 2 aromatic carbocycles. The van der Waals surface area contributed by atoms with Gasteiger partial charge in [0, 0.05) is 28.4 Å². The Morgan fingerprint density at radius 3 is 2.55 bits per heavy atom. The molecule has 206 valence electrons. The second-order valence-corrected chi connectivity index (χ2v) is 15.5. The number of nitrogens with zero attached hydrogens (tertiary/aromatic N) is 3. The number of anilines is 1. The van der Waals surface area contributed by atoms with Crippen LogP contribution in [0.4, 0.5) is 5.69 Å². The van der Waals surface area contributed by atoms with Crippen molar-refractivity contribution in [2.75, 3.05) is 32.2 Å². The fourth-order valence-electron chi connectivity index (χ4n) is 3.45. The Kier molecular flexibility index (Phi) is 9.80. The van der Waals surface area contributed by atoms with Gasteiger partial charge in [-0.3, -0.25) is 0 Å². The Morgan fingerprint density at radius 2 is 1.92 bits per heavy atom. The second kappa shape index (κ2) is 12.6. The van der Waals surface area contributed by atoms with E-state index in [1.165, 1.54) is 6.33 Å². The second-order valence-electron chi connectivity index (χ2n) is 10.2. The van der Waals surface area contributed by atoms with Crippen LogP contribution in [0.2, 0.25) is 23.2 Å². The number of ether oxygens (including phenoxy) is 3. The monoisotopic (exact) mass is 560 g/mol. The van der Waals surface area contributed by atoms with Crippen molar-refractivity contribution in [3.8, 4) is 17.2 Å². The first-order valence-corrected chi connectivity index (χ1v) is 15.8. The summed E-state index contributed by atoms with van der Waals surface area (Å²) in [6, 6.07) is 9.75. The van der Waals surface area contributed by atoms with Crippen LogP contribution in [0, 0.1) is 0 Å². The van der Waals surface area contributed by atoms with Crippen LogP contribution in [0.3, 0.4) is 0 Å². The van der Waals surface area contributed by atoms with E-state index in [4.69, 9.17) is 30.2 Å². The molecule has 0 spiro atoms. The minimum Gasteiger partial charge on any atom is -0.497 e. The van der Waals surface area contributed by atoms with Crippen molar-refractivity contribution in [3.63, 3.8) is 0 Å². The summed E-state index contributed by atoms with van der Waals surface area (Å²) in [6.45, 7) is 13.7. The molecule has 1 atom stereocenters. The molecule has 9 nitrogen and oxygen atoms in total.